The van der Waals surface area contributed by atoms with Gasteiger partial charge in [-0.15, -0.1) is 0 Å². The van der Waals surface area contributed by atoms with Gasteiger partial charge in [-0.3, -0.25) is 9.69 Å². The molecule has 29 heavy (non-hydrogen) atoms. The molecule has 0 saturated heterocycles. The first kappa shape index (κ1) is 19.5. The van der Waals surface area contributed by atoms with Crippen LogP contribution in [-0.2, 0) is 12.7 Å². The van der Waals surface area contributed by atoms with E-state index in [1.54, 1.807) is 24.3 Å². The Morgan fingerprint density at radius 3 is 2.55 bits per heavy atom. The molecule has 0 amide bonds. The van der Waals surface area contributed by atoms with Gasteiger partial charge in [0.05, 0.1) is 16.5 Å². The van der Waals surface area contributed by atoms with Crippen LogP contribution in [0, 0.1) is 0 Å². The summed E-state index contributed by atoms with van der Waals surface area (Å²) in [6, 6.07) is 10.7. The summed E-state index contributed by atoms with van der Waals surface area (Å²) < 4.78 is 52.4. The minimum absolute atomic E-state index is 0.00731. The molecule has 0 fully saturated rings. The number of rotatable bonds is 4. The average molecular weight is 405 g/mol. The van der Waals surface area contributed by atoms with Gasteiger partial charge in [-0.2, -0.15) is 13.2 Å². The van der Waals surface area contributed by atoms with Gasteiger partial charge in [-0.05, 0) is 24.1 Å². The summed E-state index contributed by atoms with van der Waals surface area (Å²) >= 11 is 0. The molecule has 1 aliphatic heterocycles. The van der Waals surface area contributed by atoms with E-state index in [0.717, 1.165) is 0 Å². The maximum absolute atomic E-state index is 13.8. The van der Waals surface area contributed by atoms with Crippen molar-refractivity contribution in [3.05, 3.63) is 64.0 Å². The van der Waals surface area contributed by atoms with Crippen LogP contribution < -0.4 is 10.2 Å². The molecule has 0 unspecified atom stereocenters. The maximum atomic E-state index is 13.8. The summed E-state index contributed by atoms with van der Waals surface area (Å²) in [5, 5.41) is 9.09. The normalized spacial score (nSPS) is 14.6. The standard InChI is InChI=1S/C21H18F3NO4/c22-21(23,24)20-17(13-5-2-1-3-6-13)18(27)14-7-8-16-15(19(14)29-20)11-25(12-28-16)9-4-10-26/h1-3,5-8,26H,4,9-12H2. The van der Waals surface area contributed by atoms with Crippen LogP contribution in [0.4, 0.5) is 13.2 Å². The highest BCUT2D eigenvalue weighted by atomic mass is 19.4. The molecular formula is C21H18F3NO4. The van der Waals surface area contributed by atoms with Crippen LogP contribution in [0.2, 0.25) is 0 Å². The van der Waals surface area contributed by atoms with E-state index in [2.05, 4.69) is 0 Å². The first-order chi connectivity index (χ1) is 13.9. The smallest absolute Gasteiger partial charge is 0.450 e. The summed E-state index contributed by atoms with van der Waals surface area (Å²) in [6.45, 7) is 1.01. The summed E-state index contributed by atoms with van der Waals surface area (Å²) in [5.41, 5.74) is -0.810. The van der Waals surface area contributed by atoms with Crippen molar-refractivity contribution in [2.24, 2.45) is 0 Å². The van der Waals surface area contributed by atoms with Crippen molar-refractivity contribution < 1.29 is 27.4 Å². The second-order valence-electron chi connectivity index (χ2n) is 6.82. The first-order valence-corrected chi connectivity index (χ1v) is 9.11. The third kappa shape index (κ3) is 3.61. The lowest BCUT2D eigenvalue weighted by molar-refractivity contribution is -0.152. The minimum Gasteiger partial charge on any atom is -0.478 e. The van der Waals surface area contributed by atoms with Gasteiger partial charge in [-0.1, -0.05) is 30.3 Å². The van der Waals surface area contributed by atoms with E-state index in [9.17, 15) is 18.0 Å². The fourth-order valence-corrected chi connectivity index (χ4v) is 3.52. The van der Waals surface area contributed by atoms with Gasteiger partial charge in [0.25, 0.3) is 0 Å². The summed E-state index contributed by atoms with van der Waals surface area (Å²) in [7, 11) is 0. The lowest BCUT2D eigenvalue weighted by Gasteiger charge is -2.29. The molecule has 0 radical (unpaired) electrons. The minimum atomic E-state index is -4.84. The second-order valence-corrected chi connectivity index (χ2v) is 6.82. The predicted octanol–water partition coefficient (Wildman–Crippen LogP) is 4.01. The van der Waals surface area contributed by atoms with Gasteiger partial charge >= 0.3 is 6.18 Å². The Morgan fingerprint density at radius 1 is 1.10 bits per heavy atom. The topological polar surface area (TPSA) is 62.9 Å². The quantitative estimate of drug-likeness (QED) is 0.711. The molecule has 5 nitrogen and oxygen atoms in total. The van der Waals surface area contributed by atoms with Crippen molar-refractivity contribution in [2.45, 2.75) is 19.1 Å². The number of hydrogen-bond donors (Lipinski definition) is 1. The van der Waals surface area contributed by atoms with E-state index < -0.39 is 22.9 Å². The van der Waals surface area contributed by atoms with Crippen molar-refractivity contribution in [3.63, 3.8) is 0 Å². The van der Waals surface area contributed by atoms with Crippen LogP contribution in [0.25, 0.3) is 22.1 Å². The van der Waals surface area contributed by atoms with Gasteiger partial charge in [0.2, 0.25) is 11.2 Å². The van der Waals surface area contributed by atoms with E-state index in [1.807, 2.05) is 4.90 Å². The van der Waals surface area contributed by atoms with E-state index in [4.69, 9.17) is 14.3 Å². The summed E-state index contributed by atoms with van der Waals surface area (Å²) in [5.74, 6) is -0.927. The maximum Gasteiger partial charge on any atom is 0.450 e. The predicted molar refractivity (Wildman–Crippen MR) is 101 cm³/mol. The van der Waals surface area contributed by atoms with Crippen molar-refractivity contribution in [3.8, 4) is 16.9 Å². The zero-order valence-electron chi connectivity index (χ0n) is 15.3. The lowest BCUT2D eigenvalue weighted by Crippen LogP contribution is -2.33. The van der Waals surface area contributed by atoms with E-state index in [-0.39, 0.29) is 36.4 Å². The third-order valence-electron chi connectivity index (χ3n) is 4.86. The molecule has 1 aliphatic rings. The molecule has 8 heteroatoms. The molecule has 0 bridgehead atoms. The molecule has 0 aliphatic carbocycles. The number of fused-ring (bicyclic) bond motifs is 3. The molecule has 0 atom stereocenters. The molecule has 4 rings (SSSR count). The van der Waals surface area contributed by atoms with Crippen LogP contribution in [-0.4, -0.2) is 29.9 Å². The van der Waals surface area contributed by atoms with Crippen molar-refractivity contribution in [1.29, 1.82) is 0 Å². The highest BCUT2D eigenvalue weighted by Crippen LogP contribution is 2.40. The van der Waals surface area contributed by atoms with Gasteiger partial charge in [0.15, 0.2) is 0 Å². The Kier molecular flexibility index (Phi) is 5.06. The Hall–Kier alpha value is -2.84. The molecule has 1 aromatic heterocycles. The third-order valence-corrected chi connectivity index (χ3v) is 4.86. The van der Waals surface area contributed by atoms with Crippen LogP contribution in [0.5, 0.6) is 5.75 Å². The van der Waals surface area contributed by atoms with E-state index >= 15 is 0 Å². The highest BCUT2D eigenvalue weighted by molar-refractivity contribution is 5.87. The zero-order valence-corrected chi connectivity index (χ0v) is 15.3. The highest BCUT2D eigenvalue weighted by Gasteiger charge is 2.40. The lowest BCUT2D eigenvalue weighted by atomic mass is 10.00. The number of hydrogen-bond acceptors (Lipinski definition) is 5. The molecule has 3 aromatic rings. The molecule has 152 valence electrons. The summed E-state index contributed by atoms with van der Waals surface area (Å²) in [4.78, 5) is 14.9. The molecule has 0 spiro atoms. The number of aliphatic hydroxyl groups excluding tert-OH is 1. The monoisotopic (exact) mass is 405 g/mol. The first-order valence-electron chi connectivity index (χ1n) is 9.11. The van der Waals surface area contributed by atoms with Crippen LogP contribution in [0.1, 0.15) is 17.7 Å². The SMILES string of the molecule is O=c1c(-c2ccccc2)c(C(F)(F)F)oc2c3c(ccc12)OCN(CCCO)C3. The van der Waals surface area contributed by atoms with E-state index in [1.165, 1.54) is 18.2 Å². The number of halogens is 3. The number of nitrogens with zero attached hydrogens (tertiary/aromatic N) is 1. The molecule has 2 heterocycles. The van der Waals surface area contributed by atoms with Gasteiger partial charge in [0.1, 0.15) is 18.1 Å². The molecule has 1 N–H and O–H groups in total. The van der Waals surface area contributed by atoms with Gasteiger partial charge in [0, 0.05) is 19.7 Å². The molecule has 2 aromatic carbocycles. The van der Waals surface area contributed by atoms with Crippen molar-refractivity contribution in [2.75, 3.05) is 19.9 Å². The Balaban J connectivity index is 1.95. The molecular weight excluding hydrogens is 387 g/mol. The van der Waals surface area contributed by atoms with Gasteiger partial charge in [-0.25, -0.2) is 0 Å². The molecule has 0 saturated carbocycles. The zero-order chi connectivity index (χ0) is 20.6. The summed E-state index contributed by atoms with van der Waals surface area (Å²) in [6.07, 6.45) is -4.34. The van der Waals surface area contributed by atoms with Crippen molar-refractivity contribution in [1.82, 2.24) is 4.90 Å². The Morgan fingerprint density at radius 2 is 1.86 bits per heavy atom. The number of benzene rings is 2. The van der Waals surface area contributed by atoms with Crippen LogP contribution >= 0.6 is 0 Å². The fourth-order valence-electron chi connectivity index (χ4n) is 3.52. The number of aliphatic hydroxyl groups is 1. The van der Waals surface area contributed by atoms with E-state index in [0.29, 0.717) is 24.3 Å². The largest absolute Gasteiger partial charge is 0.478 e. The van der Waals surface area contributed by atoms with Crippen molar-refractivity contribution >= 4 is 11.0 Å². The Labute approximate surface area is 163 Å². The average Bonchev–Trinajstić information content (AvgIpc) is 2.71. The fraction of sp³-hybridized carbons (Fsp3) is 0.286. The second kappa shape index (κ2) is 7.53. The van der Waals surface area contributed by atoms with Gasteiger partial charge < -0.3 is 14.3 Å². The Bertz CT molecular complexity index is 1090. The number of ether oxygens (including phenoxy) is 1. The van der Waals surface area contributed by atoms with Crippen LogP contribution in [0.15, 0.2) is 51.7 Å². The number of alkyl halides is 3. The van der Waals surface area contributed by atoms with Crippen LogP contribution in [0.3, 0.4) is 0 Å².